The molecule has 3 rings (SSSR count). The van der Waals surface area contributed by atoms with E-state index < -0.39 is 11.9 Å². The van der Waals surface area contributed by atoms with Gasteiger partial charge in [-0.2, -0.15) is 0 Å². The molecule has 0 aliphatic heterocycles. The van der Waals surface area contributed by atoms with Gasteiger partial charge in [-0.1, -0.05) is 17.7 Å². The van der Waals surface area contributed by atoms with Crippen LogP contribution >= 0.6 is 11.3 Å². The molecule has 6 nitrogen and oxygen atoms in total. The molecule has 0 saturated heterocycles. The van der Waals surface area contributed by atoms with Crippen molar-refractivity contribution in [2.45, 2.75) is 20.8 Å². The van der Waals surface area contributed by atoms with Crippen molar-refractivity contribution in [3.8, 4) is 0 Å². The number of nitrogens with one attached hydrogen (secondary N) is 1. The number of esters is 1. The predicted octanol–water partition coefficient (Wildman–Crippen LogP) is 4.56. The van der Waals surface area contributed by atoms with E-state index in [4.69, 9.17) is 9.15 Å². The topological polar surface area (TPSA) is 85.6 Å². The Hall–Kier alpha value is -3.19. The second-order valence-electron chi connectivity index (χ2n) is 6.37. The van der Waals surface area contributed by atoms with Gasteiger partial charge in [0.2, 0.25) is 5.78 Å². The van der Waals surface area contributed by atoms with E-state index in [0.29, 0.717) is 21.0 Å². The number of hydrogen-bond donors (Lipinski definition) is 1. The van der Waals surface area contributed by atoms with Gasteiger partial charge in [0.25, 0.3) is 5.91 Å². The lowest BCUT2D eigenvalue weighted by molar-refractivity contribution is 0.0478. The number of anilines is 1. The Morgan fingerprint density at radius 1 is 1.07 bits per heavy atom. The molecule has 28 heavy (non-hydrogen) atoms. The van der Waals surface area contributed by atoms with Gasteiger partial charge in [-0.3, -0.25) is 9.59 Å². The van der Waals surface area contributed by atoms with Crippen LogP contribution in [0.3, 0.4) is 0 Å². The lowest BCUT2D eigenvalue weighted by atomic mass is 10.0. The number of rotatable bonds is 6. The zero-order chi connectivity index (χ0) is 20.3. The van der Waals surface area contributed by atoms with Crippen LogP contribution in [0.4, 0.5) is 5.00 Å². The van der Waals surface area contributed by atoms with Gasteiger partial charge in [-0.25, -0.2) is 4.79 Å². The van der Waals surface area contributed by atoms with Gasteiger partial charge in [-0.15, -0.1) is 11.3 Å². The van der Waals surface area contributed by atoms with E-state index in [9.17, 15) is 14.4 Å². The molecule has 2 heterocycles. The molecule has 2 aromatic heterocycles. The quantitative estimate of drug-likeness (QED) is 0.487. The molecule has 0 unspecified atom stereocenters. The number of ether oxygens (including phenoxy) is 1. The average Bonchev–Trinajstić information content (AvgIpc) is 3.31. The highest BCUT2D eigenvalue weighted by atomic mass is 32.1. The molecule has 0 fully saturated rings. The number of ketones is 1. The third kappa shape index (κ3) is 4.37. The Balaban J connectivity index is 1.64. The molecule has 0 bridgehead atoms. The molecule has 0 aliphatic carbocycles. The second kappa shape index (κ2) is 8.22. The number of carbonyl (C=O) groups excluding carboxylic acids is 3. The SMILES string of the molecule is Cc1ccc(C)c(C(=O)COC(=O)c2sc(NC(=O)c3ccco3)cc2C)c1. The molecular weight excluding hydrogens is 378 g/mol. The average molecular weight is 397 g/mol. The summed E-state index contributed by atoms with van der Waals surface area (Å²) in [5.41, 5.74) is 3.00. The molecular formula is C21H19NO5S. The molecule has 1 amide bonds. The summed E-state index contributed by atoms with van der Waals surface area (Å²) in [6.45, 7) is 5.14. The van der Waals surface area contributed by atoms with Gasteiger partial charge >= 0.3 is 5.97 Å². The molecule has 0 radical (unpaired) electrons. The highest BCUT2D eigenvalue weighted by Gasteiger charge is 2.19. The Bertz CT molecular complexity index is 1030. The highest BCUT2D eigenvalue weighted by Crippen LogP contribution is 2.28. The second-order valence-corrected chi connectivity index (χ2v) is 7.42. The summed E-state index contributed by atoms with van der Waals surface area (Å²) >= 11 is 1.09. The molecule has 1 N–H and O–H groups in total. The molecule has 7 heteroatoms. The summed E-state index contributed by atoms with van der Waals surface area (Å²) in [5.74, 6) is -1.08. The first kappa shape index (κ1) is 19.6. The smallest absolute Gasteiger partial charge is 0.349 e. The van der Waals surface area contributed by atoms with E-state index in [1.165, 1.54) is 6.26 Å². The summed E-state index contributed by atoms with van der Waals surface area (Å²) in [6.07, 6.45) is 1.41. The molecule has 0 saturated carbocycles. The van der Waals surface area contributed by atoms with Crippen molar-refractivity contribution < 1.29 is 23.5 Å². The van der Waals surface area contributed by atoms with Crippen molar-refractivity contribution >= 4 is 34.0 Å². The van der Waals surface area contributed by atoms with Crippen LogP contribution in [0.1, 0.15) is 47.3 Å². The highest BCUT2D eigenvalue weighted by molar-refractivity contribution is 7.18. The van der Waals surface area contributed by atoms with E-state index in [2.05, 4.69) is 5.32 Å². The standard InChI is InChI=1S/C21H19NO5S/c1-12-6-7-13(2)15(9-12)16(23)11-27-21(25)19-14(3)10-18(28-19)22-20(24)17-5-4-8-26-17/h4-10H,11H2,1-3H3,(H,22,24). The van der Waals surface area contributed by atoms with Crippen LogP contribution in [-0.2, 0) is 4.74 Å². The minimum atomic E-state index is -0.598. The summed E-state index contributed by atoms with van der Waals surface area (Å²) < 4.78 is 10.2. The number of benzene rings is 1. The van der Waals surface area contributed by atoms with Gasteiger partial charge in [-0.05, 0) is 56.2 Å². The third-order valence-electron chi connectivity index (χ3n) is 4.11. The van der Waals surface area contributed by atoms with E-state index in [0.717, 1.165) is 22.5 Å². The largest absolute Gasteiger partial charge is 0.459 e. The van der Waals surface area contributed by atoms with Crippen LogP contribution in [0.15, 0.2) is 47.1 Å². The summed E-state index contributed by atoms with van der Waals surface area (Å²) in [7, 11) is 0. The Kier molecular flexibility index (Phi) is 5.75. The van der Waals surface area contributed by atoms with Crippen molar-refractivity contribution in [1.82, 2.24) is 0 Å². The van der Waals surface area contributed by atoms with Gasteiger partial charge in [0.15, 0.2) is 12.4 Å². The minimum Gasteiger partial charge on any atom is -0.459 e. The van der Waals surface area contributed by atoms with Crippen molar-refractivity contribution in [3.63, 3.8) is 0 Å². The molecule has 0 spiro atoms. The van der Waals surface area contributed by atoms with Gasteiger partial charge < -0.3 is 14.5 Å². The first-order chi connectivity index (χ1) is 13.3. The fourth-order valence-corrected chi connectivity index (χ4v) is 3.60. The number of Topliss-reactive ketones (excluding diaryl/α,β-unsaturated/α-hetero) is 1. The summed E-state index contributed by atoms with van der Waals surface area (Å²) in [5, 5.41) is 3.17. The Morgan fingerprint density at radius 2 is 1.86 bits per heavy atom. The maximum atomic E-state index is 12.4. The van der Waals surface area contributed by atoms with E-state index in [-0.39, 0.29) is 18.2 Å². The molecule has 1 aromatic carbocycles. The Morgan fingerprint density at radius 3 is 2.57 bits per heavy atom. The monoisotopic (exact) mass is 397 g/mol. The molecule has 144 valence electrons. The third-order valence-corrected chi connectivity index (χ3v) is 5.25. The van der Waals surface area contributed by atoms with Crippen LogP contribution in [0.25, 0.3) is 0 Å². The van der Waals surface area contributed by atoms with Crippen molar-refractivity contribution in [3.05, 3.63) is 75.6 Å². The van der Waals surface area contributed by atoms with Gasteiger partial charge in [0.1, 0.15) is 4.88 Å². The first-order valence-electron chi connectivity index (χ1n) is 8.58. The Labute approximate surface area is 166 Å². The van der Waals surface area contributed by atoms with E-state index in [1.807, 2.05) is 26.0 Å². The molecule has 0 aliphatic rings. The predicted molar refractivity (Wildman–Crippen MR) is 106 cm³/mol. The number of furan rings is 1. The summed E-state index contributed by atoms with van der Waals surface area (Å²) in [6, 6.07) is 10.4. The van der Waals surface area contributed by atoms with Crippen molar-refractivity contribution in [2.24, 2.45) is 0 Å². The molecule has 0 atom stereocenters. The van der Waals surface area contributed by atoms with E-state index in [1.54, 1.807) is 31.2 Å². The first-order valence-corrected chi connectivity index (χ1v) is 9.39. The maximum absolute atomic E-state index is 12.4. The van der Waals surface area contributed by atoms with Crippen LogP contribution in [0.2, 0.25) is 0 Å². The van der Waals surface area contributed by atoms with Crippen LogP contribution in [-0.4, -0.2) is 24.3 Å². The lowest BCUT2D eigenvalue weighted by Gasteiger charge is -2.07. The number of hydrogen-bond acceptors (Lipinski definition) is 6. The minimum absolute atomic E-state index is 0.175. The van der Waals surface area contributed by atoms with Gasteiger partial charge in [0.05, 0.1) is 11.3 Å². The van der Waals surface area contributed by atoms with Crippen LogP contribution < -0.4 is 5.32 Å². The fourth-order valence-electron chi connectivity index (χ4n) is 2.64. The zero-order valence-corrected chi connectivity index (χ0v) is 16.5. The van der Waals surface area contributed by atoms with Crippen LogP contribution in [0, 0.1) is 20.8 Å². The molecule has 3 aromatic rings. The number of aryl methyl sites for hydroxylation is 3. The van der Waals surface area contributed by atoms with Gasteiger partial charge in [0, 0.05) is 5.56 Å². The lowest BCUT2D eigenvalue weighted by Crippen LogP contribution is -2.15. The summed E-state index contributed by atoms with van der Waals surface area (Å²) in [4.78, 5) is 37.1. The van der Waals surface area contributed by atoms with Crippen LogP contribution in [0.5, 0.6) is 0 Å². The number of carbonyl (C=O) groups is 3. The van der Waals surface area contributed by atoms with Crippen molar-refractivity contribution in [2.75, 3.05) is 11.9 Å². The zero-order valence-electron chi connectivity index (χ0n) is 15.7. The number of amides is 1. The van der Waals surface area contributed by atoms with E-state index >= 15 is 0 Å². The maximum Gasteiger partial charge on any atom is 0.349 e. The fraction of sp³-hybridized carbons (Fsp3) is 0.190. The normalized spacial score (nSPS) is 10.5. The number of thiophene rings is 1. The van der Waals surface area contributed by atoms with Crippen molar-refractivity contribution in [1.29, 1.82) is 0 Å².